The third-order valence-electron chi connectivity index (χ3n) is 3.43. The predicted molar refractivity (Wildman–Crippen MR) is 73.6 cm³/mol. The molecule has 7 nitrogen and oxygen atoms in total. The van der Waals surface area contributed by atoms with Crippen molar-refractivity contribution < 1.29 is 9.72 Å². The highest BCUT2D eigenvalue weighted by atomic mass is 35.5. The number of nitrogens with two attached hydrogens (primary N) is 1. The topological polar surface area (TPSA) is 111 Å². The molecule has 0 radical (unpaired) electrons. The summed E-state index contributed by atoms with van der Waals surface area (Å²) in [4.78, 5) is 26.1. The largest absolute Gasteiger partial charge is 0.348 e. The summed E-state index contributed by atoms with van der Waals surface area (Å²) in [7, 11) is 0. The average molecular weight is 299 g/mol. The fraction of sp³-hybridized carbons (Fsp3) is 0.500. The molecule has 20 heavy (non-hydrogen) atoms. The van der Waals surface area contributed by atoms with Crippen molar-refractivity contribution >= 4 is 23.2 Å². The number of carbonyl (C=O) groups is 1. The Morgan fingerprint density at radius 3 is 2.85 bits per heavy atom. The zero-order valence-electron chi connectivity index (χ0n) is 10.7. The van der Waals surface area contributed by atoms with Gasteiger partial charge < -0.3 is 11.1 Å². The summed E-state index contributed by atoms with van der Waals surface area (Å²) in [6.45, 7) is 0. The first kappa shape index (κ1) is 14.7. The molecule has 1 aromatic heterocycles. The van der Waals surface area contributed by atoms with E-state index in [-0.39, 0.29) is 28.5 Å². The second-order valence-electron chi connectivity index (χ2n) is 4.81. The van der Waals surface area contributed by atoms with Gasteiger partial charge in [-0.2, -0.15) is 0 Å². The minimum atomic E-state index is -0.654. The fourth-order valence-corrected chi connectivity index (χ4v) is 2.49. The smallest absolute Gasteiger partial charge is 0.300 e. The molecule has 0 bridgehead atoms. The molecule has 1 heterocycles. The van der Waals surface area contributed by atoms with Gasteiger partial charge in [0.2, 0.25) is 0 Å². The van der Waals surface area contributed by atoms with Crippen LogP contribution in [0.2, 0.25) is 5.15 Å². The highest BCUT2D eigenvalue weighted by Gasteiger charge is 2.27. The lowest BCUT2D eigenvalue weighted by molar-refractivity contribution is -0.385. The Morgan fingerprint density at radius 2 is 2.20 bits per heavy atom. The van der Waals surface area contributed by atoms with E-state index in [1.54, 1.807) is 0 Å². The molecule has 1 amide bonds. The van der Waals surface area contributed by atoms with Gasteiger partial charge in [-0.25, -0.2) is 4.98 Å². The van der Waals surface area contributed by atoms with E-state index >= 15 is 0 Å². The summed E-state index contributed by atoms with van der Waals surface area (Å²) in [5.41, 5.74) is 5.49. The molecule has 2 rings (SSSR count). The number of halogens is 1. The van der Waals surface area contributed by atoms with Crippen LogP contribution in [0.3, 0.4) is 0 Å². The maximum Gasteiger partial charge on any atom is 0.300 e. The second-order valence-corrected chi connectivity index (χ2v) is 5.20. The predicted octanol–water partition coefficient (Wildman–Crippen LogP) is 1.64. The maximum atomic E-state index is 12.2. The second kappa shape index (κ2) is 6.15. The molecule has 0 unspecified atom stereocenters. The van der Waals surface area contributed by atoms with Gasteiger partial charge in [-0.15, -0.1) is 0 Å². The summed E-state index contributed by atoms with van der Waals surface area (Å²) in [5, 5.41) is 13.7. The van der Waals surface area contributed by atoms with Gasteiger partial charge in [-0.05, 0) is 18.9 Å². The molecule has 0 aliphatic heterocycles. The van der Waals surface area contributed by atoms with Crippen molar-refractivity contribution in [3.63, 3.8) is 0 Å². The number of hydrogen-bond donors (Lipinski definition) is 2. The summed E-state index contributed by atoms with van der Waals surface area (Å²) < 4.78 is 0. The fourth-order valence-electron chi connectivity index (χ4n) is 2.33. The minimum Gasteiger partial charge on any atom is -0.348 e. The number of aromatic nitrogens is 1. The van der Waals surface area contributed by atoms with Crippen molar-refractivity contribution in [3.8, 4) is 0 Å². The van der Waals surface area contributed by atoms with Gasteiger partial charge in [0.05, 0.1) is 4.92 Å². The van der Waals surface area contributed by atoms with E-state index in [1.807, 2.05) is 0 Å². The molecule has 2 atom stereocenters. The van der Waals surface area contributed by atoms with Crippen molar-refractivity contribution in [2.24, 2.45) is 5.73 Å². The van der Waals surface area contributed by atoms with Crippen LogP contribution in [0.5, 0.6) is 0 Å². The average Bonchev–Trinajstić information content (AvgIpc) is 2.40. The van der Waals surface area contributed by atoms with Crippen molar-refractivity contribution in [2.45, 2.75) is 37.8 Å². The molecule has 3 N–H and O–H groups in total. The molecule has 0 spiro atoms. The van der Waals surface area contributed by atoms with Gasteiger partial charge in [-0.1, -0.05) is 24.4 Å². The molecule has 0 saturated heterocycles. The van der Waals surface area contributed by atoms with Crippen molar-refractivity contribution in [2.75, 3.05) is 0 Å². The lowest BCUT2D eigenvalue weighted by Gasteiger charge is -2.29. The zero-order chi connectivity index (χ0) is 14.7. The Balaban J connectivity index is 2.20. The standard InChI is InChI=1S/C12H15ClN4O3/c13-11-5-7(10(6-15-11)17(19)20)12(18)16-9-4-2-1-3-8(9)14/h5-6,8-9H,1-4,14H2,(H,16,18)/t8-,9-/m1/s1. The molecular weight excluding hydrogens is 284 g/mol. The molecule has 0 aromatic carbocycles. The van der Waals surface area contributed by atoms with E-state index in [0.717, 1.165) is 31.9 Å². The third kappa shape index (κ3) is 3.23. The summed E-state index contributed by atoms with van der Waals surface area (Å²) in [6.07, 6.45) is 4.62. The van der Waals surface area contributed by atoms with Crippen LogP contribution in [-0.2, 0) is 0 Å². The van der Waals surface area contributed by atoms with Gasteiger partial charge in [0, 0.05) is 12.1 Å². The first-order chi connectivity index (χ1) is 9.49. The summed E-state index contributed by atoms with van der Waals surface area (Å²) in [5.74, 6) is -0.539. The molecule has 1 saturated carbocycles. The molecule has 1 aliphatic rings. The van der Waals surface area contributed by atoms with Crippen LogP contribution < -0.4 is 11.1 Å². The van der Waals surface area contributed by atoms with Crippen LogP contribution in [0, 0.1) is 10.1 Å². The van der Waals surface area contributed by atoms with Crippen LogP contribution >= 0.6 is 11.6 Å². The normalized spacial score (nSPS) is 22.3. The quantitative estimate of drug-likeness (QED) is 0.500. The molecule has 8 heteroatoms. The lowest BCUT2D eigenvalue weighted by atomic mass is 9.91. The number of hydrogen-bond acceptors (Lipinski definition) is 5. The molecule has 108 valence electrons. The Labute approximate surface area is 120 Å². The Morgan fingerprint density at radius 1 is 1.50 bits per heavy atom. The summed E-state index contributed by atoms with van der Waals surface area (Å²) >= 11 is 5.70. The van der Waals surface area contributed by atoms with Crippen molar-refractivity contribution in [3.05, 3.63) is 33.1 Å². The molecule has 1 aliphatic carbocycles. The molecule has 1 aromatic rings. The van der Waals surface area contributed by atoms with Crippen molar-refractivity contribution in [1.29, 1.82) is 0 Å². The number of rotatable bonds is 3. The van der Waals surface area contributed by atoms with Gasteiger partial charge in [0.25, 0.3) is 11.6 Å². The van der Waals surface area contributed by atoms with Crippen LogP contribution in [0.15, 0.2) is 12.3 Å². The number of nitrogens with zero attached hydrogens (tertiary/aromatic N) is 2. The van der Waals surface area contributed by atoms with Gasteiger partial charge in [-0.3, -0.25) is 14.9 Å². The number of pyridine rings is 1. The zero-order valence-corrected chi connectivity index (χ0v) is 11.5. The summed E-state index contributed by atoms with van der Waals surface area (Å²) in [6, 6.07) is 0.912. The monoisotopic (exact) mass is 298 g/mol. The number of nitrogens with one attached hydrogen (secondary N) is 1. The minimum absolute atomic E-state index is 0.0358. The van der Waals surface area contributed by atoms with E-state index in [0.29, 0.717) is 0 Å². The van der Waals surface area contributed by atoms with E-state index in [2.05, 4.69) is 10.3 Å². The van der Waals surface area contributed by atoms with Gasteiger partial charge >= 0.3 is 0 Å². The highest BCUT2D eigenvalue weighted by Crippen LogP contribution is 2.22. The third-order valence-corrected chi connectivity index (χ3v) is 3.63. The Kier molecular flexibility index (Phi) is 4.51. The first-order valence-corrected chi connectivity index (χ1v) is 6.73. The van der Waals surface area contributed by atoms with Crippen LogP contribution in [0.25, 0.3) is 0 Å². The highest BCUT2D eigenvalue weighted by molar-refractivity contribution is 6.29. The SMILES string of the molecule is N[C@@H]1CCCC[C@H]1NC(=O)c1cc(Cl)ncc1[N+](=O)[O-]. The number of amides is 1. The Hall–Kier alpha value is -1.73. The van der Waals surface area contributed by atoms with E-state index in [9.17, 15) is 14.9 Å². The lowest BCUT2D eigenvalue weighted by Crippen LogP contribution is -2.49. The van der Waals surface area contributed by atoms with Crippen LogP contribution in [0.1, 0.15) is 36.0 Å². The van der Waals surface area contributed by atoms with Gasteiger partial charge in [0.1, 0.15) is 16.9 Å². The number of nitro groups is 1. The van der Waals surface area contributed by atoms with Gasteiger partial charge in [0.15, 0.2) is 0 Å². The van der Waals surface area contributed by atoms with Crippen LogP contribution in [0.4, 0.5) is 5.69 Å². The van der Waals surface area contributed by atoms with Crippen LogP contribution in [-0.4, -0.2) is 27.9 Å². The van der Waals surface area contributed by atoms with E-state index in [1.165, 1.54) is 6.07 Å². The molecular formula is C12H15ClN4O3. The first-order valence-electron chi connectivity index (χ1n) is 6.35. The Bertz CT molecular complexity index is 537. The van der Waals surface area contributed by atoms with E-state index in [4.69, 9.17) is 17.3 Å². The maximum absolute atomic E-state index is 12.2. The number of carbonyl (C=O) groups excluding carboxylic acids is 1. The van der Waals surface area contributed by atoms with Crippen molar-refractivity contribution in [1.82, 2.24) is 10.3 Å². The van der Waals surface area contributed by atoms with E-state index < -0.39 is 10.8 Å². The molecule has 1 fully saturated rings.